The summed E-state index contributed by atoms with van der Waals surface area (Å²) in [5, 5.41) is 65.2. The molecule has 41 heteroatoms. The van der Waals surface area contributed by atoms with Crippen molar-refractivity contribution < 1.29 is 85.8 Å². The molecule has 26 N–H and O–H groups in total. The van der Waals surface area contributed by atoms with E-state index in [0.717, 1.165) is 10.6 Å². The summed E-state index contributed by atoms with van der Waals surface area (Å²) in [6, 6.07) is 6.23. The van der Waals surface area contributed by atoms with Gasteiger partial charge in [-0.05, 0) is 125 Å². The molecular weight excluding hydrogens is 1470 g/mol. The van der Waals surface area contributed by atoms with Crippen molar-refractivity contribution in [3.63, 3.8) is 0 Å². The van der Waals surface area contributed by atoms with E-state index in [-0.39, 0.29) is 93.5 Å². The number of carbonyl (C=O) groups is 12. The zero-order valence-corrected chi connectivity index (χ0v) is 63.8. The normalized spacial score (nSPS) is 14.0. The summed E-state index contributed by atoms with van der Waals surface area (Å²) < 4.78 is 34.2. The maximum atomic E-state index is 14.4. The second kappa shape index (κ2) is 44.7. The van der Waals surface area contributed by atoms with Crippen molar-refractivity contribution in [3.05, 3.63) is 90.5 Å². The number of amides is 12. The van der Waals surface area contributed by atoms with E-state index in [4.69, 9.17) is 34.4 Å². The quantitative estimate of drug-likeness (QED) is 0.00669. The van der Waals surface area contributed by atoms with Gasteiger partial charge in [0.25, 0.3) is 16.0 Å². The number of aliphatic imine (C=N–C) groups is 2. The highest BCUT2D eigenvalue weighted by atomic mass is 32.2. The molecular formula is C70H104N22O18S. The standard InChI is InChI=1S/C70H104N22O18S/c1-37(2)33-50(84-61(100)41-19-21-42(22-20-41)89-90-43-23-25-44(26-24-43)91(7)8)64(103)81-39(5)59(98)82-49(27-28-56(71)96)62(101)80-40(6)60(99)88-57(38(3)4)67(106)83-48(16-11-29-78-69(73)74)63(102)85-51(34-93)65(104)86-52(35-94)66(105)87-53(36-95)68(107)92(54(58(72)97)17-12-30-79-70(75)76)32-31-77-47-15-9-14-46-45(47)13-10-18-55(46)111(108,109)110/h9-10,13-15,18-26,37-40,48-54,57,77,93-95H,11-12,16-17,27-36H2,1-8H3,(H2,71,96)(H2,72,97)(H,80,101)(H,81,103)(H,82,98)(H,83,106)(H,84,100)(H,85,102)(H,86,104)(H,87,105)(H,88,99)(H4,73,74,78)(H4,75,76,79)(H,108,109,110)/t39-,40-,48-,49-,50-,51-,52-,53-,54-,57-/m0/s1. The number of hydrogen-bond acceptors (Lipinski definition) is 23. The number of anilines is 2. The van der Waals surface area contributed by atoms with E-state index in [1.54, 1.807) is 36.4 Å². The summed E-state index contributed by atoms with van der Waals surface area (Å²) in [5.74, 6) is -13.5. The fourth-order valence-corrected chi connectivity index (χ4v) is 11.6. The van der Waals surface area contributed by atoms with Gasteiger partial charge >= 0.3 is 0 Å². The molecule has 0 heterocycles. The number of nitrogens with zero attached hydrogens (tertiary/aromatic N) is 6. The van der Waals surface area contributed by atoms with Crippen LogP contribution in [0.3, 0.4) is 0 Å². The first kappa shape index (κ1) is 91.7. The lowest BCUT2D eigenvalue weighted by molar-refractivity contribution is -0.144. The van der Waals surface area contributed by atoms with E-state index in [2.05, 4.69) is 73.4 Å². The van der Waals surface area contributed by atoms with E-state index in [0.29, 0.717) is 22.4 Å². The van der Waals surface area contributed by atoms with E-state index in [9.17, 15) is 85.8 Å². The Morgan fingerprint density at radius 1 is 0.495 bits per heavy atom. The molecule has 0 bridgehead atoms. The Balaban J connectivity index is 1.45. The number of aliphatic hydroxyl groups is 3. The minimum absolute atomic E-state index is 0.0159. The van der Waals surface area contributed by atoms with Gasteiger partial charge in [-0.25, -0.2) is 0 Å². The molecule has 4 aromatic rings. The number of rotatable bonds is 46. The second-order valence-electron chi connectivity index (χ2n) is 26.8. The number of benzene rings is 4. The molecule has 0 spiro atoms. The molecule has 0 fully saturated rings. The molecule has 0 aliphatic carbocycles. The summed E-state index contributed by atoms with van der Waals surface area (Å²) in [5.41, 5.74) is 35.7. The molecule has 0 radical (unpaired) electrons. The van der Waals surface area contributed by atoms with Crippen LogP contribution >= 0.6 is 0 Å². The van der Waals surface area contributed by atoms with Crippen molar-refractivity contribution in [2.45, 2.75) is 152 Å². The number of nitrogens with one attached hydrogen (secondary N) is 10. The number of fused-ring (bicyclic) bond motifs is 1. The number of azo groups is 1. The van der Waals surface area contributed by atoms with Gasteiger partial charge in [-0.15, -0.1) is 0 Å². The molecule has 4 rings (SSSR count). The molecule has 0 saturated carbocycles. The number of carbonyl (C=O) groups excluding carboxylic acids is 12. The fourth-order valence-electron chi connectivity index (χ4n) is 10.9. The minimum Gasteiger partial charge on any atom is -0.394 e. The maximum absolute atomic E-state index is 14.4. The van der Waals surface area contributed by atoms with Gasteiger partial charge in [-0.3, -0.25) is 72.1 Å². The summed E-state index contributed by atoms with van der Waals surface area (Å²) in [6.45, 7) is 4.98. The number of primary amides is 2. The molecule has 4 aromatic carbocycles. The lowest BCUT2D eigenvalue weighted by Crippen LogP contribution is -2.62. The zero-order chi connectivity index (χ0) is 83.0. The van der Waals surface area contributed by atoms with Crippen LogP contribution < -0.4 is 92.5 Å². The Morgan fingerprint density at radius 2 is 0.955 bits per heavy atom. The number of nitrogens with two attached hydrogens (primary N) is 6. The van der Waals surface area contributed by atoms with Crippen LogP contribution in [-0.2, 0) is 62.9 Å². The predicted molar refractivity (Wildman–Crippen MR) is 410 cm³/mol. The molecule has 12 amide bonds. The van der Waals surface area contributed by atoms with Gasteiger partial charge in [0, 0.05) is 74.4 Å². The van der Waals surface area contributed by atoms with Crippen LogP contribution in [-0.4, -0.2) is 237 Å². The maximum Gasteiger partial charge on any atom is 0.295 e. The first-order valence-corrected chi connectivity index (χ1v) is 36.8. The van der Waals surface area contributed by atoms with Gasteiger partial charge in [0.2, 0.25) is 65.0 Å². The number of guanidine groups is 2. The molecule has 0 aliphatic rings. The van der Waals surface area contributed by atoms with Crippen LogP contribution in [0.15, 0.2) is 110 Å². The molecule has 0 unspecified atom stereocenters. The SMILES string of the molecule is CC(C)C[C@H](NC(=O)c1ccc(N=Nc2ccc(N(C)C)cc2)cc1)C(=O)N[C@@H](C)C(=O)N[C@@H](CCC(N)=O)C(=O)N[C@@H](C)C(=O)N[C@H](C(=O)N[C@@H](CCCN=C(N)N)C(=O)N[C@@H](CO)C(=O)N[C@@H](CO)C(=O)N[C@@H](CO)C(=O)N(CCNc1cccc2c(S(=O)(=O)O)cccc12)[C@@H](CCCN=C(N)N)C(N)=O)C(C)C. The van der Waals surface area contributed by atoms with E-state index in [1.165, 1.54) is 64.1 Å². The first-order chi connectivity index (χ1) is 52.3. The average Bonchev–Trinajstić information content (AvgIpc) is 0.786. The van der Waals surface area contributed by atoms with E-state index >= 15 is 0 Å². The van der Waals surface area contributed by atoms with Crippen molar-refractivity contribution in [3.8, 4) is 0 Å². The molecule has 0 saturated heterocycles. The topological polar surface area (TPSA) is 652 Å². The van der Waals surface area contributed by atoms with Gasteiger partial charge in [0.05, 0.1) is 31.2 Å². The van der Waals surface area contributed by atoms with Crippen molar-refractivity contribution in [2.75, 3.05) is 70.3 Å². The molecule has 0 aromatic heterocycles. The van der Waals surface area contributed by atoms with Crippen molar-refractivity contribution in [2.24, 2.45) is 66.5 Å². The smallest absolute Gasteiger partial charge is 0.295 e. The summed E-state index contributed by atoms with van der Waals surface area (Å²) in [6.07, 6.45) is -1.05. The highest BCUT2D eigenvalue weighted by molar-refractivity contribution is 7.86. The van der Waals surface area contributed by atoms with Gasteiger partial charge in [-0.1, -0.05) is 52.0 Å². The lowest BCUT2D eigenvalue weighted by Gasteiger charge is -2.33. The number of hydrogen-bond donors (Lipinski definition) is 20. The van der Waals surface area contributed by atoms with Gasteiger partial charge in [0.1, 0.15) is 65.3 Å². The Hall–Kier alpha value is -11.7. The molecule has 608 valence electrons. The highest BCUT2D eigenvalue weighted by Gasteiger charge is 2.38. The minimum atomic E-state index is -4.67. The third-order valence-corrected chi connectivity index (χ3v) is 17.8. The third kappa shape index (κ3) is 30.0. The summed E-state index contributed by atoms with van der Waals surface area (Å²) in [4.78, 5) is 175. The summed E-state index contributed by atoms with van der Waals surface area (Å²) >= 11 is 0. The Kier molecular flexibility index (Phi) is 36.9. The van der Waals surface area contributed by atoms with Crippen LogP contribution in [0, 0.1) is 11.8 Å². The lowest BCUT2D eigenvalue weighted by atomic mass is 10.0. The highest BCUT2D eigenvalue weighted by Crippen LogP contribution is 2.29. The predicted octanol–water partition coefficient (Wildman–Crippen LogP) is -3.57. The molecule has 111 heavy (non-hydrogen) atoms. The van der Waals surface area contributed by atoms with Crippen LogP contribution in [0.1, 0.15) is 96.8 Å². The molecule has 40 nitrogen and oxygen atoms in total. The van der Waals surface area contributed by atoms with Crippen molar-refractivity contribution in [1.82, 2.24) is 52.8 Å². The average molecular weight is 1570 g/mol. The Bertz CT molecular complexity index is 4100. The van der Waals surface area contributed by atoms with Crippen LogP contribution in [0.5, 0.6) is 0 Å². The van der Waals surface area contributed by atoms with Crippen LogP contribution in [0.4, 0.5) is 22.7 Å². The fraction of sp³-hybridized carbons (Fsp3) is 0.486. The van der Waals surface area contributed by atoms with Crippen LogP contribution in [0.25, 0.3) is 10.8 Å². The molecule has 10 atom stereocenters. The Labute approximate surface area is 641 Å². The third-order valence-electron chi connectivity index (χ3n) is 16.9. The largest absolute Gasteiger partial charge is 0.394 e. The molecule has 0 aliphatic heterocycles. The van der Waals surface area contributed by atoms with Crippen molar-refractivity contribution >= 4 is 126 Å². The summed E-state index contributed by atoms with van der Waals surface area (Å²) in [7, 11) is -0.847. The second-order valence-corrected chi connectivity index (χ2v) is 28.2. The number of aliphatic hydroxyl groups excluding tert-OH is 3. The van der Waals surface area contributed by atoms with E-state index in [1.807, 2.05) is 45.0 Å². The van der Waals surface area contributed by atoms with Gasteiger partial charge in [0.15, 0.2) is 11.9 Å². The van der Waals surface area contributed by atoms with E-state index < -0.39 is 178 Å². The van der Waals surface area contributed by atoms with Gasteiger partial charge in [-0.2, -0.15) is 18.6 Å². The van der Waals surface area contributed by atoms with Crippen molar-refractivity contribution in [1.29, 1.82) is 0 Å². The zero-order valence-electron chi connectivity index (χ0n) is 63.0. The van der Waals surface area contributed by atoms with Crippen LogP contribution in [0.2, 0.25) is 0 Å². The first-order valence-electron chi connectivity index (χ1n) is 35.4. The van der Waals surface area contributed by atoms with Gasteiger partial charge < -0.3 is 113 Å². The monoisotopic (exact) mass is 1570 g/mol. The Morgan fingerprint density at radius 3 is 1.45 bits per heavy atom.